The van der Waals surface area contributed by atoms with E-state index in [1.54, 1.807) is 19.4 Å². The van der Waals surface area contributed by atoms with Crippen LogP contribution in [0.5, 0.6) is 28.7 Å². The SMILES string of the molecule is COc1ccc2c3c1OCCC#CC(c1ccccc1)C1Oc4cc5c(c(C[NH+]6CC7=CC=NC7=C6CO)c4C(O3)C21)C#CCC1(O)C(O)C(O)C(O5)OC1C(OC(=O)CC(=O)O)C(N)N. The average molecular weight is 904 g/mol. The van der Waals surface area contributed by atoms with Crippen LogP contribution in [-0.2, 0) is 25.6 Å². The van der Waals surface area contributed by atoms with Crippen LogP contribution in [0.2, 0.25) is 0 Å². The van der Waals surface area contributed by atoms with Gasteiger partial charge in [0.15, 0.2) is 23.3 Å². The molecule has 0 radical (unpaired) electrons. The molecular formula is C48H47N4O14+. The van der Waals surface area contributed by atoms with Crippen molar-refractivity contribution in [2.45, 2.75) is 92.3 Å². The lowest BCUT2D eigenvalue weighted by atomic mass is 9.75. The minimum atomic E-state index is -2.49. The third kappa shape index (κ3) is 7.23. The van der Waals surface area contributed by atoms with Crippen molar-refractivity contribution in [2.75, 3.05) is 26.9 Å². The summed E-state index contributed by atoms with van der Waals surface area (Å²) < 4.78 is 44.6. The van der Waals surface area contributed by atoms with E-state index in [4.69, 9.17) is 44.6 Å². The van der Waals surface area contributed by atoms with Crippen LogP contribution >= 0.6 is 0 Å². The number of hydrogen-bond acceptors (Lipinski definition) is 16. The number of quaternary nitrogens is 1. The summed E-state index contributed by atoms with van der Waals surface area (Å²) in [5, 5.41) is 55.5. The van der Waals surface area contributed by atoms with Crippen LogP contribution in [0.3, 0.4) is 0 Å². The van der Waals surface area contributed by atoms with Crippen LogP contribution < -0.4 is 40.1 Å². The zero-order valence-electron chi connectivity index (χ0n) is 35.5. The average Bonchev–Trinajstić information content (AvgIpc) is 4.00. The number of nitrogens with two attached hydrogens (primary N) is 2. The molecular weight excluding hydrogens is 857 g/mol. The summed E-state index contributed by atoms with van der Waals surface area (Å²) in [4.78, 5) is 29.4. The number of aliphatic hydroxyl groups excluding tert-OH is 3. The van der Waals surface area contributed by atoms with E-state index in [-0.39, 0.29) is 25.5 Å². The Labute approximate surface area is 377 Å². The molecule has 0 aromatic heterocycles. The van der Waals surface area contributed by atoms with Gasteiger partial charge in [-0.2, -0.15) is 0 Å². The Balaban J connectivity index is 1.17. The molecule has 1 saturated heterocycles. The summed E-state index contributed by atoms with van der Waals surface area (Å²) in [6, 6.07) is 15.2. The van der Waals surface area contributed by atoms with Gasteiger partial charge in [-0.05, 0) is 17.7 Å². The van der Waals surface area contributed by atoms with E-state index < -0.39 is 91.3 Å². The first-order valence-corrected chi connectivity index (χ1v) is 21.5. The van der Waals surface area contributed by atoms with E-state index in [1.165, 1.54) is 0 Å². The van der Waals surface area contributed by atoms with Crippen molar-refractivity contribution in [3.05, 3.63) is 99.4 Å². The number of rotatable bonds is 10. The van der Waals surface area contributed by atoms with Crippen molar-refractivity contribution in [3.63, 3.8) is 0 Å². The van der Waals surface area contributed by atoms with Crippen molar-refractivity contribution in [1.82, 2.24) is 0 Å². The van der Waals surface area contributed by atoms with E-state index in [1.807, 2.05) is 48.5 Å². The number of carboxylic acid groups (broad SMARTS) is 1. The third-order valence-electron chi connectivity index (χ3n) is 13.2. The minimum Gasteiger partial charge on any atom is -0.493 e. The number of carbonyl (C=O) groups is 2. The van der Waals surface area contributed by atoms with E-state index in [0.717, 1.165) is 21.6 Å². The molecule has 3 aromatic carbocycles. The second kappa shape index (κ2) is 17.1. The number of ether oxygens (including phenoxy) is 7. The monoisotopic (exact) mass is 903 g/mol. The Bertz CT molecular complexity index is 2720. The molecule has 18 nitrogen and oxygen atoms in total. The van der Waals surface area contributed by atoms with E-state index in [0.29, 0.717) is 64.0 Å². The summed E-state index contributed by atoms with van der Waals surface area (Å²) in [5.41, 5.74) is 15.1. The predicted octanol–water partition coefficient (Wildman–Crippen LogP) is -0.202. The number of allylic oxidation sites excluding steroid dienone is 1. The molecule has 66 heavy (non-hydrogen) atoms. The highest BCUT2D eigenvalue weighted by atomic mass is 16.7. The van der Waals surface area contributed by atoms with E-state index in [2.05, 4.69) is 28.7 Å². The molecule has 8 heterocycles. The number of nitrogens with one attached hydrogen (secondary N) is 1. The molecule has 11 unspecified atom stereocenters. The number of carbonyl (C=O) groups excluding carboxylic acids is 1. The number of methoxy groups -OCH3 is 1. The Hall–Kier alpha value is -6.45. The Morgan fingerprint density at radius 2 is 1.88 bits per heavy atom. The predicted molar refractivity (Wildman–Crippen MR) is 229 cm³/mol. The van der Waals surface area contributed by atoms with Crippen LogP contribution in [0.1, 0.15) is 65.0 Å². The first kappa shape index (κ1) is 43.4. The fourth-order valence-corrected chi connectivity index (χ4v) is 10.1. The van der Waals surface area contributed by atoms with E-state index in [9.17, 15) is 35.1 Å². The highest BCUT2D eigenvalue weighted by molar-refractivity contribution is 5.90. The molecule has 0 spiro atoms. The normalized spacial score (nSPS) is 29.9. The Kier molecular flexibility index (Phi) is 11.2. The molecule has 11 rings (SSSR count). The number of aliphatic hydroxyl groups is 4. The second-order valence-corrected chi connectivity index (χ2v) is 17.1. The standard InChI is InChI=1S/C48H46N4O14/c1-60-30-13-12-27-36-39-25(23-8-3-2-4-9-23)10-5-6-17-61-41(30)40(27)65-42(36)35-28(21-52-20-24-14-16-51-37(24)29(52)22-53)26-11-7-15-48(59)44(58)38(57)47(63-31(26)18-32(35)62-39)66-45(48)43(46(49)50)64-34(56)19-33(54)55/h2-4,8-9,12-14,16,18,25,36,38-39,42-47,53,57-59H,6,15,17,19-22,49-50H2,1H3,(H,54,55)/p+1. The maximum absolute atomic E-state index is 12.7. The van der Waals surface area contributed by atoms with Gasteiger partial charge in [0.25, 0.3) is 0 Å². The number of hydrogen-bond donors (Lipinski definition) is 8. The molecule has 0 aliphatic carbocycles. The molecule has 11 atom stereocenters. The quantitative estimate of drug-likeness (QED) is 0.0567. The van der Waals surface area contributed by atoms with Crippen LogP contribution in [-0.4, -0.2) is 119 Å². The third-order valence-corrected chi connectivity index (χ3v) is 13.2. The highest BCUT2D eigenvalue weighted by Crippen LogP contribution is 2.61. The van der Waals surface area contributed by atoms with Crippen LogP contribution in [0.15, 0.2) is 76.6 Å². The second-order valence-electron chi connectivity index (χ2n) is 17.1. The van der Waals surface area contributed by atoms with Gasteiger partial charge in [0.1, 0.15) is 79.4 Å². The minimum absolute atomic E-state index is 0.0474. The topological polar surface area (TPSA) is 269 Å². The van der Waals surface area contributed by atoms with Gasteiger partial charge in [0.2, 0.25) is 12.0 Å². The van der Waals surface area contributed by atoms with Crippen molar-refractivity contribution in [3.8, 4) is 52.4 Å². The van der Waals surface area contributed by atoms with Gasteiger partial charge in [-0.15, -0.1) is 0 Å². The van der Waals surface area contributed by atoms with Crippen molar-refractivity contribution in [1.29, 1.82) is 0 Å². The molecule has 18 heteroatoms. The zero-order valence-corrected chi connectivity index (χ0v) is 35.5. The molecule has 6 bridgehead atoms. The van der Waals surface area contributed by atoms with Crippen LogP contribution in [0, 0.1) is 23.7 Å². The molecule has 3 aromatic rings. The molecule has 0 amide bonds. The van der Waals surface area contributed by atoms with Crippen molar-refractivity contribution >= 4 is 18.2 Å². The molecule has 0 saturated carbocycles. The molecule has 8 aliphatic heterocycles. The van der Waals surface area contributed by atoms with Crippen molar-refractivity contribution < 1.29 is 73.2 Å². The lowest BCUT2D eigenvalue weighted by molar-refractivity contribution is -0.867. The zero-order chi connectivity index (χ0) is 46.0. The van der Waals surface area contributed by atoms with Gasteiger partial charge in [-0.1, -0.05) is 60.1 Å². The summed E-state index contributed by atoms with van der Waals surface area (Å²) in [6.45, 7) is 0.632. The molecule has 1 fully saturated rings. The number of aliphatic imine (C=N–C) groups is 1. The van der Waals surface area contributed by atoms with Crippen molar-refractivity contribution in [2.24, 2.45) is 16.5 Å². The maximum Gasteiger partial charge on any atom is 0.317 e. The number of carboxylic acids is 1. The van der Waals surface area contributed by atoms with Gasteiger partial charge < -0.3 is 70.2 Å². The van der Waals surface area contributed by atoms with E-state index >= 15 is 0 Å². The fraction of sp³-hybridized carbons (Fsp3) is 0.396. The highest BCUT2D eigenvalue weighted by Gasteiger charge is 2.60. The van der Waals surface area contributed by atoms with Gasteiger partial charge in [-0.25, -0.2) is 0 Å². The lowest BCUT2D eigenvalue weighted by Crippen LogP contribution is -3.08. The first-order valence-electron chi connectivity index (χ1n) is 21.5. The molecule has 10 N–H and O–H groups in total. The fourth-order valence-electron chi connectivity index (χ4n) is 10.1. The lowest BCUT2D eigenvalue weighted by Gasteiger charge is -2.50. The number of aliphatic carboxylic acids is 1. The molecule has 8 aliphatic rings. The summed E-state index contributed by atoms with van der Waals surface area (Å²) in [5.74, 6) is 11.0. The smallest absolute Gasteiger partial charge is 0.317 e. The number of benzene rings is 3. The Morgan fingerprint density at radius 1 is 1.06 bits per heavy atom. The van der Waals surface area contributed by atoms with Gasteiger partial charge in [-0.3, -0.25) is 19.5 Å². The number of fused-ring (bicyclic) bond motifs is 6. The summed E-state index contributed by atoms with van der Waals surface area (Å²) in [6.07, 6.45) is -9.89. The largest absolute Gasteiger partial charge is 0.493 e. The van der Waals surface area contributed by atoms with Gasteiger partial charge in [0, 0.05) is 47.4 Å². The summed E-state index contributed by atoms with van der Waals surface area (Å²) in [7, 11) is 1.56. The number of esters is 1. The first-order chi connectivity index (χ1) is 31.9. The Morgan fingerprint density at radius 3 is 2.64 bits per heavy atom. The molecule has 342 valence electrons. The maximum atomic E-state index is 12.7. The van der Waals surface area contributed by atoms with Gasteiger partial charge >= 0.3 is 11.9 Å². The van der Waals surface area contributed by atoms with Gasteiger partial charge in [0.05, 0.1) is 37.3 Å². The van der Waals surface area contributed by atoms with Crippen LogP contribution in [0.4, 0.5) is 0 Å². The number of nitrogens with zero attached hydrogens (tertiary/aromatic N) is 1. The van der Waals surface area contributed by atoms with Crippen LogP contribution in [0.25, 0.3) is 0 Å². The summed E-state index contributed by atoms with van der Waals surface area (Å²) >= 11 is 0.